The van der Waals surface area contributed by atoms with Crippen LogP contribution < -0.4 is 10.5 Å². The van der Waals surface area contributed by atoms with Crippen LogP contribution in [-0.2, 0) is 0 Å². The predicted octanol–water partition coefficient (Wildman–Crippen LogP) is 3.34. The molecule has 0 bridgehead atoms. The Kier molecular flexibility index (Phi) is 3.44. The molecule has 0 fully saturated rings. The smallest absolute Gasteiger partial charge is 0.253 e. The Labute approximate surface area is 107 Å². The van der Waals surface area contributed by atoms with Gasteiger partial charge in [-0.2, -0.15) is 0 Å². The number of para-hydroxylation sites is 1. The molecular formula is C13H10BrNO2. The van der Waals surface area contributed by atoms with Gasteiger partial charge < -0.3 is 10.5 Å². The number of carbonyl (C=O) groups excluding carboxylic acids is 1. The Balaban J connectivity index is 2.40. The lowest BCUT2D eigenvalue weighted by molar-refractivity contribution is 0.0997. The zero-order valence-electron chi connectivity index (χ0n) is 8.89. The number of primary amides is 1. The minimum absolute atomic E-state index is 0.344. The maximum Gasteiger partial charge on any atom is 0.253 e. The van der Waals surface area contributed by atoms with Crippen LogP contribution >= 0.6 is 15.9 Å². The molecule has 0 saturated carbocycles. The van der Waals surface area contributed by atoms with Gasteiger partial charge in [0.15, 0.2) is 0 Å². The number of nitrogens with two attached hydrogens (primary N) is 1. The number of rotatable bonds is 3. The van der Waals surface area contributed by atoms with Crippen molar-refractivity contribution in [3.05, 3.63) is 58.6 Å². The molecule has 4 heteroatoms. The number of halogens is 1. The summed E-state index contributed by atoms with van der Waals surface area (Å²) in [6.45, 7) is 0. The number of ether oxygens (including phenoxy) is 1. The second-order valence-electron chi connectivity index (χ2n) is 3.39. The third-order valence-corrected chi connectivity index (χ3v) is 2.85. The molecule has 0 aliphatic heterocycles. The summed E-state index contributed by atoms with van der Waals surface area (Å²) in [5, 5.41) is 0. The largest absolute Gasteiger partial charge is 0.456 e. The molecule has 2 aromatic rings. The van der Waals surface area contributed by atoms with Crippen LogP contribution in [-0.4, -0.2) is 5.91 Å². The first-order valence-corrected chi connectivity index (χ1v) is 5.79. The summed E-state index contributed by atoms with van der Waals surface area (Å²) in [6.07, 6.45) is 0. The monoisotopic (exact) mass is 291 g/mol. The molecule has 2 rings (SSSR count). The number of amides is 1. The first-order chi connectivity index (χ1) is 8.18. The Morgan fingerprint density at radius 3 is 2.41 bits per heavy atom. The summed E-state index contributed by atoms with van der Waals surface area (Å²) < 4.78 is 6.24. The fourth-order valence-corrected chi connectivity index (χ4v) is 1.99. The second kappa shape index (κ2) is 5.01. The second-order valence-corrected chi connectivity index (χ2v) is 4.25. The van der Waals surface area contributed by atoms with Crippen molar-refractivity contribution < 1.29 is 9.53 Å². The highest BCUT2D eigenvalue weighted by Gasteiger charge is 2.13. The number of benzene rings is 2. The molecule has 3 nitrogen and oxygen atoms in total. The van der Waals surface area contributed by atoms with Crippen LogP contribution in [0.25, 0.3) is 0 Å². The maximum absolute atomic E-state index is 11.3. The average molecular weight is 292 g/mol. The van der Waals surface area contributed by atoms with Crippen molar-refractivity contribution in [2.75, 3.05) is 0 Å². The Morgan fingerprint density at radius 1 is 1.06 bits per heavy atom. The lowest BCUT2D eigenvalue weighted by atomic mass is 10.2. The average Bonchev–Trinajstić information content (AvgIpc) is 2.30. The van der Waals surface area contributed by atoms with Crippen molar-refractivity contribution in [1.29, 1.82) is 0 Å². The van der Waals surface area contributed by atoms with Gasteiger partial charge in [-0.1, -0.05) is 24.3 Å². The van der Waals surface area contributed by atoms with Crippen molar-refractivity contribution in [2.24, 2.45) is 5.73 Å². The standard InChI is InChI=1S/C13H10BrNO2/c14-10-7-4-8-11(12(10)13(15)16)17-9-5-2-1-3-6-9/h1-8H,(H2,15,16). The van der Waals surface area contributed by atoms with E-state index in [0.29, 0.717) is 21.5 Å². The van der Waals surface area contributed by atoms with Gasteiger partial charge in [-0.25, -0.2) is 0 Å². The van der Waals surface area contributed by atoms with Crippen molar-refractivity contribution in [2.45, 2.75) is 0 Å². The Morgan fingerprint density at radius 2 is 1.76 bits per heavy atom. The van der Waals surface area contributed by atoms with Crippen LogP contribution in [0.4, 0.5) is 0 Å². The van der Waals surface area contributed by atoms with Gasteiger partial charge in [-0.15, -0.1) is 0 Å². The van der Waals surface area contributed by atoms with Gasteiger partial charge in [0.1, 0.15) is 11.5 Å². The first-order valence-electron chi connectivity index (χ1n) is 4.99. The Bertz CT molecular complexity index is 540. The highest BCUT2D eigenvalue weighted by molar-refractivity contribution is 9.10. The molecule has 0 saturated heterocycles. The van der Waals surface area contributed by atoms with Gasteiger partial charge in [0.05, 0.1) is 5.56 Å². The fourth-order valence-electron chi connectivity index (χ4n) is 1.44. The normalized spacial score (nSPS) is 9.94. The molecule has 0 radical (unpaired) electrons. The molecule has 0 unspecified atom stereocenters. The van der Waals surface area contributed by atoms with Gasteiger partial charge in [0.25, 0.3) is 5.91 Å². The highest BCUT2D eigenvalue weighted by Crippen LogP contribution is 2.30. The van der Waals surface area contributed by atoms with Crippen molar-refractivity contribution in [1.82, 2.24) is 0 Å². The summed E-state index contributed by atoms with van der Waals surface area (Å²) in [5.41, 5.74) is 5.66. The van der Waals surface area contributed by atoms with E-state index in [-0.39, 0.29) is 0 Å². The van der Waals surface area contributed by atoms with E-state index in [9.17, 15) is 4.79 Å². The molecule has 0 spiro atoms. The summed E-state index contributed by atoms with van der Waals surface area (Å²) in [4.78, 5) is 11.3. The minimum Gasteiger partial charge on any atom is -0.456 e. The van der Waals surface area contributed by atoms with E-state index in [4.69, 9.17) is 10.5 Å². The SMILES string of the molecule is NC(=O)c1c(Br)cccc1Oc1ccccc1. The van der Waals surface area contributed by atoms with Gasteiger partial charge in [0, 0.05) is 4.47 Å². The molecule has 0 atom stereocenters. The topological polar surface area (TPSA) is 52.3 Å². The number of hydrogen-bond donors (Lipinski definition) is 1. The molecule has 86 valence electrons. The third kappa shape index (κ3) is 2.65. The number of carbonyl (C=O) groups is 1. The molecule has 17 heavy (non-hydrogen) atoms. The van der Waals surface area contributed by atoms with E-state index in [0.717, 1.165) is 0 Å². The van der Waals surface area contributed by atoms with E-state index in [2.05, 4.69) is 15.9 Å². The zero-order chi connectivity index (χ0) is 12.3. The van der Waals surface area contributed by atoms with Crippen LogP contribution in [0, 0.1) is 0 Å². The van der Waals surface area contributed by atoms with Crippen molar-refractivity contribution in [3.63, 3.8) is 0 Å². The molecule has 2 aromatic carbocycles. The van der Waals surface area contributed by atoms with E-state index in [1.807, 2.05) is 30.3 Å². The minimum atomic E-state index is -0.525. The van der Waals surface area contributed by atoms with E-state index < -0.39 is 5.91 Å². The zero-order valence-corrected chi connectivity index (χ0v) is 10.5. The van der Waals surface area contributed by atoms with Crippen LogP contribution in [0.2, 0.25) is 0 Å². The quantitative estimate of drug-likeness (QED) is 0.943. The maximum atomic E-state index is 11.3. The molecule has 0 heterocycles. The Hall–Kier alpha value is -1.81. The molecule has 2 N–H and O–H groups in total. The van der Waals surface area contributed by atoms with E-state index in [1.165, 1.54) is 0 Å². The lowest BCUT2D eigenvalue weighted by Crippen LogP contribution is -2.13. The molecule has 0 aromatic heterocycles. The molecule has 1 amide bonds. The van der Waals surface area contributed by atoms with E-state index in [1.54, 1.807) is 18.2 Å². The highest BCUT2D eigenvalue weighted by atomic mass is 79.9. The predicted molar refractivity (Wildman–Crippen MR) is 69.2 cm³/mol. The van der Waals surface area contributed by atoms with Crippen LogP contribution in [0.5, 0.6) is 11.5 Å². The van der Waals surface area contributed by atoms with E-state index >= 15 is 0 Å². The van der Waals surface area contributed by atoms with Crippen LogP contribution in [0.15, 0.2) is 53.0 Å². The molecule has 0 aliphatic rings. The fraction of sp³-hybridized carbons (Fsp3) is 0. The summed E-state index contributed by atoms with van der Waals surface area (Å²) in [5.74, 6) is 0.578. The van der Waals surface area contributed by atoms with Crippen LogP contribution in [0.3, 0.4) is 0 Å². The van der Waals surface area contributed by atoms with Gasteiger partial charge in [0.2, 0.25) is 0 Å². The van der Waals surface area contributed by atoms with Crippen molar-refractivity contribution >= 4 is 21.8 Å². The third-order valence-electron chi connectivity index (χ3n) is 2.19. The molecular weight excluding hydrogens is 282 g/mol. The van der Waals surface area contributed by atoms with Gasteiger partial charge in [-0.05, 0) is 40.2 Å². The van der Waals surface area contributed by atoms with Gasteiger partial charge >= 0.3 is 0 Å². The summed E-state index contributed by atoms with van der Waals surface area (Å²) in [6, 6.07) is 14.5. The number of hydrogen-bond acceptors (Lipinski definition) is 2. The van der Waals surface area contributed by atoms with Gasteiger partial charge in [-0.3, -0.25) is 4.79 Å². The van der Waals surface area contributed by atoms with Crippen LogP contribution in [0.1, 0.15) is 10.4 Å². The summed E-state index contributed by atoms with van der Waals surface area (Å²) in [7, 11) is 0. The molecule has 0 aliphatic carbocycles. The first kappa shape index (κ1) is 11.7. The summed E-state index contributed by atoms with van der Waals surface area (Å²) >= 11 is 3.28. The van der Waals surface area contributed by atoms with Crippen molar-refractivity contribution in [3.8, 4) is 11.5 Å². The lowest BCUT2D eigenvalue weighted by Gasteiger charge is -2.10.